The van der Waals surface area contributed by atoms with Gasteiger partial charge in [-0.05, 0) is 55.2 Å². The topological polar surface area (TPSA) is 90.0 Å². The van der Waals surface area contributed by atoms with E-state index in [0.717, 1.165) is 34.0 Å². The number of carbonyl (C=O) groups excluding carboxylic acids is 2. The van der Waals surface area contributed by atoms with Crippen LogP contribution in [0.1, 0.15) is 26.7 Å². The number of carbonyl (C=O) groups is 2. The van der Waals surface area contributed by atoms with Gasteiger partial charge in [-0.1, -0.05) is 18.2 Å². The number of benzene rings is 2. The van der Waals surface area contributed by atoms with Crippen molar-refractivity contribution in [3.05, 3.63) is 42.5 Å². The number of anilines is 3. The highest BCUT2D eigenvalue weighted by Crippen LogP contribution is 2.42. The molecule has 1 saturated carbocycles. The lowest BCUT2D eigenvalue weighted by Crippen LogP contribution is -2.51. The Morgan fingerprint density at radius 3 is 2.34 bits per heavy atom. The summed E-state index contributed by atoms with van der Waals surface area (Å²) in [4.78, 5) is 28.9. The predicted molar refractivity (Wildman–Crippen MR) is 126 cm³/mol. The van der Waals surface area contributed by atoms with Crippen LogP contribution in [0.4, 0.5) is 17.1 Å². The van der Waals surface area contributed by atoms with Gasteiger partial charge in [-0.2, -0.15) is 12.7 Å². The molecule has 1 fully saturated rings. The minimum atomic E-state index is -3.62. The quantitative estimate of drug-likeness (QED) is 0.749. The number of fused-ring (bicyclic) bond motifs is 1. The molecule has 0 spiro atoms. The molecule has 32 heavy (non-hydrogen) atoms. The van der Waals surface area contributed by atoms with Crippen molar-refractivity contribution in [3.63, 3.8) is 0 Å². The molecule has 1 N–H and O–H groups in total. The summed E-state index contributed by atoms with van der Waals surface area (Å²) >= 11 is 0. The minimum absolute atomic E-state index is 0.0614. The van der Waals surface area contributed by atoms with Crippen LogP contribution in [-0.2, 0) is 19.8 Å². The number of nitrogens with zero attached hydrogens (tertiary/aromatic N) is 3. The maximum atomic E-state index is 13.0. The van der Waals surface area contributed by atoms with E-state index in [1.165, 1.54) is 21.0 Å². The molecule has 2 amide bonds. The summed E-state index contributed by atoms with van der Waals surface area (Å²) in [7, 11) is -0.701. The third-order valence-electron chi connectivity index (χ3n) is 5.87. The highest BCUT2D eigenvalue weighted by atomic mass is 32.2. The van der Waals surface area contributed by atoms with Gasteiger partial charge in [0.15, 0.2) is 0 Å². The molecule has 2 aromatic rings. The summed E-state index contributed by atoms with van der Waals surface area (Å²) in [6.45, 7) is 3.94. The van der Waals surface area contributed by atoms with Gasteiger partial charge in [-0.3, -0.25) is 14.3 Å². The van der Waals surface area contributed by atoms with Crippen LogP contribution in [0.25, 0.3) is 11.1 Å². The predicted octanol–water partition coefficient (Wildman–Crippen LogP) is 3.07. The zero-order valence-corrected chi connectivity index (χ0v) is 19.5. The van der Waals surface area contributed by atoms with Gasteiger partial charge in [-0.15, -0.1) is 0 Å². The average Bonchev–Trinajstić information content (AvgIpc) is 3.57. The zero-order valence-electron chi connectivity index (χ0n) is 18.7. The van der Waals surface area contributed by atoms with Gasteiger partial charge >= 0.3 is 10.2 Å². The van der Waals surface area contributed by atoms with Crippen LogP contribution in [0.5, 0.6) is 0 Å². The van der Waals surface area contributed by atoms with Crippen LogP contribution in [-0.4, -0.2) is 51.2 Å². The summed E-state index contributed by atoms with van der Waals surface area (Å²) in [6.07, 6.45) is 1.81. The normalized spacial score (nSPS) is 18.5. The van der Waals surface area contributed by atoms with Gasteiger partial charge in [0.2, 0.25) is 11.8 Å². The van der Waals surface area contributed by atoms with Gasteiger partial charge in [0, 0.05) is 33.5 Å². The van der Waals surface area contributed by atoms with Crippen molar-refractivity contribution in [2.75, 3.05) is 35.2 Å². The SMILES string of the molecule is CC(=O)N1c2ccc(-c3cccc(NS(=O)(=O)N(C)C)c3)cc2N(C(=O)C2CC2)C[C@@H]1C. The molecule has 2 aliphatic rings. The molecule has 0 bridgehead atoms. The standard InChI is InChI=1S/C23H28N4O4S/c1-15-14-26(23(29)17-8-9-17)22-13-19(10-11-21(22)27(15)16(2)28)18-6-5-7-20(12-18)24-32(30,31)25(3)4/h5-7,10-13,15,17,24H,8-9,14H2,1-4H3/t15-/m0/s1. The third kappa shape index (κ3) is 4.22. The van der Waals surface area contributed by atoms with Crippen molar-refractivity contribution in [1.29, 1.82) is 0 Å². The molecule has 0 aromatic heterocycles. The van der Waals surface area contributed by atoms with Crippen LogP contribution in [0.3, 0.4) is 0 Å². The van der Waals surface area contributed by atoms with Gasteiger partial charge in [0.05, 0.1) is 23.1 Å². The molecular weight excluding hydrogens is 428 g/mol. The zero-order chi connectivity index (χ0) is 23.2. The first-order chi connectivity index (χ1) is 15.1. The lowest BCUT2D eigenvalue weighted by molar-refractivity contribution is -0.120. The molecule has 1 atom stereocenters. The van der Waals surface area contributed by atoms with Crippen LogP contribution in [0.2, 0.25) is 0 Å². The van der Waals surface area contributed by atoms with E-state index >= 15 is 0 Å². The smallest absolute Gasteiger partial charge is 0.301 e. The van der Waals surface area contributed by atoms with Gasteiger partial charge in [0.25, 0.3) is 0 Å². The largest absolute Gasteiger partial charge is 0.308 e. The average molecular weight is 457 g/mol. The third-order valence-corrected chi connectivity index (χ3v) is 7.32. The van der Waals surface area contributed by atoms with E-state index in [1.807, 2.05) is 31.2 Å². The van der Waals surface area contributed by atoms with Gasteiger partial charge < -0.3 is 9.80 Å². The monoisotopic (exact) mass is 456 g/mol. The molecule has 9 heteroatoms. The summed E-state index contributed by atoms with van der Waals surface area (Å²) in [5, 5.41) is 0. The fourth-order valence-electron chi connectivity index (χ4n) is 4.05. The highest BCUT2D eigenvalue weighted by Gasteiger charge is 2.39. The van der Waals surface area contributed by atoms with E-state index in [4.69, 9.17) is 0 Å². The van der Waals surface area contributed by atoms with E-state index < -0.39 is 10.2 Å². The van der Waals surface area contributed by atoms with Crippen molar-refractivity contribution >= 4 is 39.1 Å². The Morgan fingerprint density at radius 2 is 1.72 bits per heavy atom. The van der Waals surface area contributed by atoms with Crippen LogP contribution < -0.4 is 14.5 Å². The maximum Gasteiger partial charge on any atom is 0.301 e. The molecule has 2 aromatic carbocycles. The second-order valence-corrected chi connectivity index (χ2v) is 10.5. The first-order valence-corrected chi connectivity index (χ1v) is 12.1. The fourth-order valence-corrected chi connectivity index (χ4v) is 4.65. The second-order valence-electron chi connectivity index (χ2n) is 8.63. The van der Waals surface area contributed by atoms with E-state index in [9.17, 15) is 18.0 Å². The van der Waals surface area contributed by atoms with Crippen molar-refractivity contribution in [2.45, 2.75) is 32.7 Å². The van der Waals surface area contributed by atoms with Crippen LogP contribution >= 0.6 is 0 Å². The van der Waals surface area contributed by atoms with Crippen LogP contribution in [0, 0.1) is 5.92 Å². The van der Waals surface area contributed by atoms with E-state index in [2.05, 4.69) is 4.72 Å². The minimum Gasteiger partial charge on any atom is -0.308 e. The summed E-state index contributed by atoms with van der Waals surface area (Å²) in [6, 6.07) is 12.7. The van der Waals surface area contributed by atoms with Gasteiger partial charge in [-0.25, -0.2) is 0 Å². The molecule has 1 aliphatic heterocycles. The number of hydrogen-bond donors (Lipinski definition) is 1. The van der Waals surface area contributed by atoms with E-state index in [1.54, 1.807) is 28.0 Å². The molecule has 8 nitrogen and oxygen atoms in total. The lowest BCUT2D eigenvalue weighted by Gasteiger charge is -2.41. The Morgan fingerprint density at radius 1 is 1.03 bits per heavy atom. The van der Waals surface area contributed by atoms with Crippen molar-refractivity contribution in [2.24, 2.45) is 5.92 Å². The molecule has 170 valence electrons. The first kappa shape index (κ1) is 22.3. The van der Waals surface area contributed by atoms with E-state index in [0.29, 0.717) is 17.9 Å². The Bertz CT molecular complexity index is 1170. The highest BCUT2D eigenvalue weighted by molar-refractivity contribution is 7.90. The maximum absolute atomic E-state index is 13.0. The first-order valence-electron chi connectivity index (χ1n) is 10.6. The second kappa shape index (κ2) is 8.22. The number of nitrogens with one attached hydrogen (secondary N) is 1. The summed E-state index contributed by atoms with van der Waals surface area (Å²) < 4.78 is 28.0. The molecule has 0 radical (unpaired) electrons. The number of hydrogen-bond acceptors (Lipinski definition) is 4. The van der Waals surface area contributed by atoms with Crippen molar-refractivity contribution in [1.82, 2.24) is 4.31 Å². The van der Waals surface area contributed by atoms with Crippen LogP contribution in [0.15, 0.2) is 42.5 Å². The molecule has 1 heterocycles. The molecule has 0 saturated heterocycles. The molecule has 1 aliphatic carbocycles. The van der Waals surface area contributed by atoms with Crippen molar-refractivity contribution < 1.29 is 18.0 Å². The Labute approximate surface area is 189 Å². The summed E-state index contributed by atoms with van der Waals surface area (Å²) in [5.74, 6) is 0.0995. The fraction of sp³-hybridized carbons (Fsp3) is 0.391. The lowest BCUT2D eigenvalue weighted by atomic mass is 10.00. The van der Waals surface area contributed by atoms with Crippen molar-refractivity contribution in [3.8, 4) is 11.1 Å². The number of amides is 2. The summed E-state index contributed by atoms with van der Waals surface area (Å²) in [5.41, 5.74) is 3.52. The molecule has 0 unspecified atom stereocenters. The van der Waals surface area contributed by atoms with Gasteiger partial charge in [0.1, 0.15) is 0 Å². The Kier molecular flexibility index (Phi) is 5.72. The Balaban J connectivity index is 1.75. The van der Waals surface area contributed by atoms with E-state index in [-0.39, 0.29) is 23.8 Å². The number of rotatable bonds is 5. The Hall–Kier alpha value is -2.91. The molecule has 4 rings (SSSR count). The molecular formula is C23H28N4O4S.